The first-order valence-electron chi connectivity index (χ1n) is 6.55. The second-order valence-corrected chi connectivity index (χ2v) is 4.85. The monoisotopic (exact) mass is 256 g/mol. The van der Waals surface area contributed by atoms with E-state index in [0.29, 0.717) is 0 Å². The lowest BCUT2D eigenvalue weighted by Crippen LogP contribution is -2.06. The zero-order chi connectivity index (χ0) is 13.7. The van der Waals surface area contributed by atoms with Gasteiger partial charge in [-0.2, -0.15) is 0 Å². The summed E-state index contributed by atoms with van der Waals surface area (Å²) in [6, 6.07) is 10.2. The molecular weight excluding hydrogens is 236 g/mol. The number of aryl methyl sites for hydroxylation is 1. The van der Waals surface area contributed by atoms with Crippen LogP contribution in [-0.2, 0) is 6.54 Å². The number of nitrogens with one attached hydrogen (secondary N) is 1. The zero-order valence-corrected chi connectivity index (χ0v) is 11.7. The molecule has 19 heavy (non-hydrogen) atoms. The van der Waals surface area contributed by atoms with Crippen molar-refractivity contribution >= 4 is 5.69 Å². The molecule has 0 amide bonds. The lowest BCUT2D eigenvalue weighted by Gasteiger charge is -2.13. The Kier molecular flexibility index (Phi) is 4.39. The highest BCUT2D eigenvalue weighted by Crippen LogP contribution is 2.22. The maximum Gasteiger partial charge on any atom is 0.120 e. The van der Waals surface area contributed by atoms with Crippen molar-refractivity contribution in [2.45, 2.75) is 33.4 Å². The van der Waals surface area contributed by atoms with Crippen molar-refractivity contribution in [1.29, 1.82) is 0 Å². The van der Waals surface area contributed by atoms with Gasteiger partial charge in [0.25, 0.3) is 0 Å². The molecule has 3 heteroatoms. The Labute approximate surface area is 114 Å². The van der Waals surface area contributed by atoms with E-state index in [1.165, 1.54) is 11.1 Å². The Bertz CT molecular complexity index is 524. The number of hydrogen-bond donors (Lipinski definition) is 1. The van der Waals surface area contributed by atoms with Crippen LogP contribution in [0.25, 0.3) is 0 Å². The minimum atomic E-state index is 0.204. The number of anilines is 1. The topological polar surface area (TPSA) is 34.1 Å². The van der Waals surface area contributed by atoms with Crippen molar-refractivity contribution in [3.8, 4) is 5.75 Å². The lowest BCUT2D eigenvalue weighted by atomic mass is 10.1. The smallest absolute Gasteiger partial charge is 0.120 e. The average molecular weight is 256 g/mol. The predicted octanol–water partition coefficient (Wildman–Crippen LogP) is 3.79. The molecule has 1 aromatic carbocycles. The average Bonchev–Trinajstić information content (AvgIpc) is 2.38. The standard InChI is InChI=1S/C16H20N2O/c1-12(2)19-15-4-5-16(13(3)10-15)18-11-14-6-8-17-9-7-14/h4-10,12,18H,11H2,1-3H3. The van der Waals surface area contributed by atoms with Gasteiger partial charge in [0.15, 0.2) is 0 Å². The number of nitrogens with zero attached hydrogens (tertiary/aromatic N) is 1. The molecule has 0 spiro atoms. The molecule has 1 N–H and O–H groups in total. The number of aromatic nitrogens is 1. The lowest BCUT2D eigenvalue weighted by molar-refractivity contribution is 0.242. The van der Waals surface area contributed by atoms with E-state index in [0.717, 1.165) is 18.0 Å². The van der Waals surface area contributed by atoms with Gasteiger partial charge >= 0.3 is 0 Å². The predicted molar refractivity (Wildman–Crippen MR) is 78.5 cm³/mol. The van der Waals surface area contributed by atoms with Crippen LogP contribution in [0.4, 0.5) is 5.69 Å². The van der Waals surface area contributed by atoms with Gasteiger partial charge < -0.3 is 10.1 Å². The van der Waals surface area contributed by atoms with Gasteiger partial charge in [-0.05, 0) is 62.2 Å². The minimum Gasteiger partial charge on any atom is -0.491 e. The maximum absolute atomic E-state index is 5.68. The van der Waals surface area contributed by atoms with E-state index >= 15 is 0 Å². The highest BCUT2D eigenvalue weighted by molar-refractivity contribution is 5.53. The molecule has 1 heterocycles. The van der Waals surface area contributed by atoms with Gasteiger partial charge in [0, 0.05) is 24.6 Å². The summed E-state index contributed by atoms with van der Waals surface area (Å²) in [6.45, 7) is 6.95. The van der Waals surface area contributed by atoms with Crippen molar-refractivity contribution in [2.24, 2.45) is 0 Å². The fourth-order valence-electron chi connectivity index (χ4n) is 1.88. The molecule has 2 aromatic rings. The molecule has 0 fully saturated rings. The Morgan fingerprint density at radius 2 is 1.89 bits per heavy atom. The quantitative estimate of drug-likeness (QED) is 0.883. The highest BCUT2D eigenvalue weighted by atomic mass is 16.5. The van der Waals surface area contributed by atoms with Crippen LogP contribution in [-0.4, -0.2) is 11.1 Å². The van der Waals surface area contributed by atoms with Gasteiger partial charge in [0.05, 0.1) is 6.10 Å². The van der Waals surface area contributed by atoms with Crippen molar-refractivity contribution < 1.29 is 4.74 Å². The summed E-state index contributed by atoms with van der Waals surface area (Å²) >= 11 is 0. The molecule has 0 atom stereocenters. The zero-order valence-electron chi connectivity index (χ0n) is 11.7. The summed E-state index contributed by atoms with van der Waals surface area (Å²) in [7, 11) is 0. The number of rotatable bonds is 5. The summed E-state index contributed by atoms with van der Waals surface area (Å²) in [5, 5.41) is 3.43. The molecule has 1 aromatic heterocycles. The summed E-state index contributed by atoms with van der Waals surface area (Å²) in [5.74, 6) is 0.918. The van der Waals surface area contributed by atoms with Gasteiger partial charge in [0.2, 0.25) is 0 Å². The van der Waals surface area contributed by atoms with Gasteiger partial charge in [-0.3, -0.25) is 4.98 Å². The normalized spacial score (nSPS) is 10.5. The fourth-order valence-corrected chi connectivity index (χ4v) is 1.88. The third-order valence-electron chi connectivity index (χ3n) is 2.80. The molecule has 0 radical (unpaired) electrons. The van der Waals surface area contributed by atoms with Gasteiger partial charge in [0.1, 0.15) is 5.75 Å². The van der Waals surface area contributed by atoms with Crippen molar-refractivity contribution in [1.82, 2.24) is 4.98 Å². The third-order valence-corrected chi connectivity index (χ3v) is 2.80. The van der Waals surface area contributed by atoms with Crippen LogP contribution in [0.3, 0.4) is 0 Å². The summed E-state index contributed by atoms with van der Waals surface area (Å²) < 4.78 is 5.68. The molecule has 100 valence electrons. The molecule has 0 aliphatic heterocycles. The third kappa shape index (κ3) is 3.98. The Hall–Kier alpha value is -2.03. The number of pyridine rings is 1. The van der Waals surface area contributed by atoms with Crippen molar-refractivity contribution in [3.63, 3.8) is 0 Å². The van der Waals surface area contributed by atoms with Crippen LogP contribution in [0.15, 0.2) is 42.7 Å². The van der Waals surface area contributed by atoms with Crippen LogP contribution in [0, 0.1) is 6.92 Å². The molecule has 0 saturated heterocycles. The minimum absolute atomic E-state index is 0.204. The summed E-state index contributed by atoms with van der Waals surface area (Å²) in [5.41, 5.74) is 3.54. The van der Waals surface area contributed by atoms with E-state index in [1.54, 1.807) is 0 Å². The van der Waals surface area contributed by atoms with E-state index < -0.39 is 0 Å². The SMILES string of the molecule is Cc1cc(OC(C)C)ccc1NCc1ccncc1. The molecule has 0 bridgehead atoms. The van der Waals surface area contributed by atoms with Gasteiger partial charge in [-0.25, -0.2) is 0 Å². The molecule has 2 rings (SSSR count). The van der Waals surface area contributed by atoms with E-state index in [1.807, 2.05) is 44.4 Å². The first kappa shape index (κ1) is 13.4. The summed E-state index contributed by atoms with van der Waals surface area (Å²) in [4.78, 5) is 4.01. The molecule has 0 unspecified atom stereocenters. The number of benzene rings is 1. The van der Waals surface area contributed by atoms with Crippen LogP contribution in [0.2, 0.25) is 0 Å². The highest BCUT2D eigenvalue weighted by Gasteiger charge is 2.02. The maximum atomic E-state index is 5.68. The number of hydrogen-bond acceptors (Lipinski definition) is 3. The first-order valence-corrected chi connectivity index (χ1v) is 6.55. The molecular formula is C16H20N2O. The first-order chi connectivity index (χ1) is 9.15. The van der Waals surface area contributed by atoms with E-state index in [4.69, 9.17) is 4.74 Å². The Balaban J connectivity index is 2.01. The molecule has 0 saturated carbocycles. The molecule has 3 nitrogen and oxygen atoms in total. The van der Waals surface area contributed by atoms with Crippen molar-refractivity contribution in [3.05, 3.63) is 53.9 Å². The second kappa shape index (κ2) is 6.23. The van der Waals surface area contributed by atoms with Crippen LogP contribution in [0.1, 0.15) is 25.0 Å². The van der Waals surface area contributed by atoms with Crippen LogP contribution in [0.5, 0.6) is 5.75 Å². The Morgan fingerprint density at radius 3 is 2.53 bits per heavy atom. The fraction of sp³-hybridized carbons (Fsp3) is 0.312. The number of ether oxygens (including phenoxy) is 1. The second-order valence-electron chi connectivity index (χ2n) is 4.85. The van der Waals surface area contributed by atoms with Crippen LogP contribution < -0.4 is 10.1 Å². The van der Waals surface area contributed by atoms with Crippen LogP contribution >= 0.6 is 0 Å². The van der Waals surface area contributed by atoms with E-state index in [2.05, 4.69) is 29.4 Å². The molecule has 0 aliphatic rings. The Morgan fingerprint density at radius 1 is 1.16 bits per heavy atom. The summed E-state index contributed by atoms with van der Waals surface area (Å²) in [6.07, 6.45) is 3.82. The van der Waals surface area contributed by atoms with Gasteiger partial charge in [-0.1, -0.05) is 0 Å². The van der Waals surface area contributed by atoms with E-state index in [-0.39, 0.29) is 6.10 Å². The largest absolute Gasteiger partial charge is 0.491 e. The molecule has 0 aliphatic carbocycles. The van der Waals surface area contributed by atoms with Gasteiger partial charge in [-0.15, -0.1) is 0 Å². The van der Waals surface area contributed by atoms with E-state index in [9.17, 15) is 0 Å². The van der Waals surface area contributed by atoms with Crippen molar-refractivity contribution in [2.75, 3.05) is 5.32 Å².